The Labute approximate surface area is 623 Å². The maximum atomic E-state index is 13.0. The van der Waals surface area contributed by atoms with Crippen molar-refractivity contribution in [1.82, 2.24) is 0 Å². The van der Waals surface area contributed by atoms with Crippen LogP contribution in [0.4, 0.5) is 0 Å². The summed E-state index contributed by atoms with van der Waals surface area (Å²) in [4.78, 5) is 58.7. The Morgan fingerprint density at radius 1 is 0.272 bits per heavy atom. The number of aliphatic hydroxyl groups is 2. The Hall–Kier alpha value is -5.61. The van der Waals surface area contributed by atoms with Crippen LogP contribution in [0.25, 0.3) is 0 Å². The van der Waals surface area contributed by atoms with Crippen LogP contribution >= 0.6 is 15.6 Å². The van der Waals surface area contributed by atoms with Crippen LogP contribution in [0.1, 0.15) is 265 Å². The molecular weight excluding hydrogens is 1340 g/mol. The largest absolute Gasteiger partial charge is 0.472 e. The lowest BCUT2D eigenvalue weighted by molar-refractivity contribution is -0.161. The average Bonchev–Trinajstić information content (AvgIpc) is 0.923. The number of ether oxygens (including phenoxy) is 3. The Kier molecular flexibility index (Phi) is 71.9. The smallest absolute Gasteiger partial charge is 0.463 e. The maximum Gasteiger partial charge on any atom is 0.472 e. The second kappa shape index (κ2) is 76.1. The van der Waals surface area contributed by atoms with E-state index in [1.54, 1.807) is 0 Å². The molecule has 0 saturated heterocycles. The zero-order chi connectivity index (χ0) is 75.2. The van der Waals surface area contributed by atoms with Gasteiger partial charge in [0, 0.05) is 19.3 Å². The molecule has 0 radical (unpaired) electrons. The standard InChI is InChI=1S/C85H136O16P2/c1-4-7-10-13-16-19-22-25-28-31-34-36-37-38-39-40-41-43-46-47-50-53-56-59-62-65-68-71-83(88)95-74-80(86)75-97-102(91,92)98-76-81(87)77-99-103(93,94)100-79-82(101-85(90)73-70-67-64-61-58-55-52-49-44-33-30-27-24-21-18-15-12-9-6-3)78-96-84(89)72-69-66-63-60-57-54-51-48-45-42-35-32-29-26-23-20-17-14-11-8-5-2/h7-12,16-21,25-30,34-36,38-39,41-44,48-49,51,57,60,80-82,86-87H,4-6,13-15,22-24,31-33,37,40,45-47,50,52-56,58-59,61-79H2,1-3H3,(H,91,92)(H,93,94)/b10-7-,11-8-,12-9-,19-16-,20-17-,21-18-,28-25-,29-26-,30-27-,36-34-,39-38-,42-35-,43-41-,49-44-,51-48-,60-57-. The first kappa shape index (κ1) is 97.4. The van der Waals surface area contributed by atoms with Gasteiger partial charge in [0.25, 0.3) is 0 Å². The number of rotatable bonds is 71. The predicted molar refractivity (Wildman–Crippen MR) is 426 cm³/mol. The third kappa shape index (κ3) is 77.3. The van der Waals surface area contributed by atoms with Crippen molar-refractivity contribution in [2.75, 3.05) is 39.6 Å². The van der Waals surface area contributed by atoms with Gasteiger partial charge in [-0.3, -0.25) is 32.5 Å². The van der Waals surface area contributed by atoms with Gasteiger partial charge in [-0.1, -0.05) is 279 Å². The van der Waals surface area contributed by atoms with Gasteiger partial charge in [0.15, 0.2) is 6.10 Å². The highest BCUT2D eigenvalue weighted by Gasteiger charge is 2.29. The molecule has 0 aromatic heterocycles. The molecule has 0 aromatic carbocycles. The number of aliphatic hydroxyl groups excluding tert-OH is 2. The highest BCUT2D eigenvalue weighted by Crippen LogP contribution is 2.45. The van der Waals surface area contributed by atoms with Crippen molar-refractivity contribution in [1.29, 1.82) is 0 Å². The van der Waals surface area contributed by atoms with E-state index in [1.165, 1.54) is 19.3 Å². The zero-order valence-electron chi connectivity index (χ0n) is 63.4. The minimum Gasteiger partial charge on any atom is -0.463 e. The zero-order valence-corrected chi connectivity index (χ0v) is 65.2. The number of esters is 3. The van der Waals surface area contributed by atoms with Gasteiger partial charge in [-0.25, -0.2) is 9.13 Å². The molecule has 0 aliphatic carbocycles. The summed E-state index contributed by atoms with van der Waals surface area (Å²) < 4.78 is 61.1. The van der Waals surface area contributed by atoms with Gasteiger partial charge < -0.3 is 34.2 Å². The molecule has 0 spiro atoms. The van der Waals surface area contributed by atoms with E-state index in [1.807, 2.05) is 0 Å². The summed E-state index contributed by atoms with van der Waals surface area (Å²) in [5.74, 6) is -1.66. The van der Waals surface area contributed by atoms with E-state index in [-0.39, 0.29) is 19.3 Å². The van der Waals surface area contributed by atoms with Gasteiger partial charge in [0.2, 0.25) is 0 Å². The molecule has 0 saturated carbocycles. The molecule has 0 bridgehead atoms. The number of allylic oxidation sites excluding steroid dienone is 32. The van der Waals surface area contributed by atoms with E-state index in [9.17, 15) is 43.5 Å². The van der Waals surface area contributed by atoms with E-state index >= 15 is 0 Å². The van der Waals surface area contributed by atoms with Gasteiger partial charge in [0.1, 0.15) is 25.4 Å². The van der Waals surface area contributed by atoms with Gasteiger partial charge >= 0.3 is 33.6 Å². The van der Waals surface area contributed by atoms with E-state index < -0.39 is 91.5 Å². The van der Waals surface area contributed by atoms with Crippen LogP contribution in [0.15, 0.2) is 194 Å². The van der Waals surface area contributed by atoms with Crippen molar-refractivity contribution in [2.45, 2.75) is 283 Å². The number of carbonyl (C=O) groups excluding carboxylic acids is 3. The van der Waals surface area contributed by atoms with Gasteiger partial charge in [-0.15, -0.1) is 0 Å². The first-order valence-corrected chi connectivity index (χ1v) is 41.7. The summed E-state index contributed by atoms with van der Waals surface area (Å²) in [5.41, 5.74) is 0. The average molecular weight is 1480 g/mol. The molecule has 0 rings (SSSR count). The molecule has 16 nitrogen and oxygen atoms in total. The van der Waals surface area contributed by atoms with Crippen molar-refractivity contribution >= 4 is 33.6 Å². The van der Waals surface area contributed by atoms with E-state index in [0.717, 1.165) is 186 Å². The van der Waals surface area contributed by atoms with Crippen LogP contribution in [0.5, 0.6) is 0 Å². The summed E-state index contributed by atoms with van der Waals surface area (Å²) in [6.07, 6.45) is 99.0. The monoisotopic (exact) mass is 1470 g/mol. The Morgan fingerprint density at radius 3 is 0.786 bits per heavy atom. The highest BCUT2D eigenvalue weighted by atomic mass is 31.2. The fraction of sp³-hybridized carbons (Fsp3) is 0.588. The SMILES string of the molecule is CC/C=C\C/C=C\C/C=C\C/C=C\C/C=C\C/C=C\CCCCCCCCCCC(=O)OCC(O)COP(=O)(O)OCC(O)COP(=O)(O)OCC(COC(=O)CCCC/C=C\C/C=C\C/C=C\C/C=C\C/C=C\C/C=C\CC)OC(=O)CCCCCCCC/C=C\C/C=C\C/C=C\C/C=C\CC. The Morgan fingerprint density at radius 2 is 0.485 bits per heavy atom. The summed E-state index contributed by atoms with van der Waals surface area (Å²) in [7, 11) is -9.83. The minimum absolute atomic E-state index is 0.0701. The van der Waals surface area contributed by atoms with Crippen LogP contribution in [0, 0.1) is 0 Å². The molecule has 18 heteroatoms. The topological polar surface area (TPSA) is 231 Å². The lowest BCUT2D eigenvalue weighted by Gasteiger charge is -2.21. The van der Waals surface area contributed by atoms with Crippen molar-refractivity contribution in [2.24, 2.45) is 0 Å². The van der Waals surface area contributed by atoms with E-state index in [0.29, 0.717) is 19.3 Å². The summed E-state index contributed by atoms with van der Waals surface area (Å²) >= 11 is 0. The van der Waals surface area contributed by atoms with Gasteiger partial charge in [-0.2, -0.15) is 0 Å². The Bertz CT molecular complexity index is 2650. The van der Waals surface area contributed by atoms with Crippen LogP contribution in [0.3, 0.4) is 0 Å². The van der Waals surface area contributed by atoms with Crippen molar-refractivity contribution < 1.29 is 75.8 Å². The quantitative estimate of drug-likeness (QED) is 0.0146. The maximum absolute atomic E-state index is 13.0. The van der Waals surface area contributed by atoms with Gasteiger partial charge in [0.05, 0.1) is 26.4 Å². The lowest BCUT2D eigenvalue weighted by atomic mass is 10.1. The molecule has 5 atom stereocenters. The third-order valence-corrected chi connectivity index (χ3v) is 17.2. The molecule has 103 heavy (non-hydrogen) atoms. The second-order valence-electron chi connectivity index (χ2n) is 25.0. The molecule has 0 fully saturated rings. The normalized spacial score (nSPS) is 15.1. The fourth-order valence-corrected chi connectivity index (χ4v) is 11.1. The lowest BCUT2D eigenvalue weighted by Crippen LogP contribution is -2.30. The summed E-state index contributed by atoms with van der Waals surface area (Å²) in [6.45, 7) is 2.23. The molecule has 0 amide bonds. The number of carbonyl (C=O) groups is 3. The van der Waals surface area contributed by atoms with Crippen molar-refractivity contribution in [3.8, 4) is 0 Å². The van der Waals surface area contributed by atoms with Crippen molar-refractivity contribution in [3.63, 3.8) is 0 Å². The first-order valence-electron chi connectivity index (χ1n) is 38.7. The van der Waals surface area contributed by atoms with Crippen LogP contribution in [-0.4, -0.2) is 95.9 Å². The number of phosphoric acid groups is 2. The van der Waals surface area contributed by atoms with Gasteiger partial charge in [-0.05, 0) is 161 Å². The molecule has 0 aromatic rings. The predicted octanol–water partition coefficient (Wildman–Crippen LogP) is 22.8. The number of hydrogen-bond acceptors (Lipinski definition) is 14. The first-order chi connectivity index (χ1) is 50.2. The third-order valence-electron chi connectivity index (χ3n) is 15.3. The molecule has 0 aliphatic rings. The summed E-state index contributed by atoms with van der Waals surface area (Å²) in [6, 6.07) is 0. The number of hydrogen-bond donors (Lipinski definition) is 4. The summed E-state index contributed by atoms with van der Waals surface area (Å²) in [5, 5.41) is 20.6. The van der Waals surface area contributed by atoms with Crippen LogP contribution in [-0.2, 0) is 55.8 Å². The van der Waals surface area contributed by atoms with Crippen LogP contribution in [0.2, 0.25) is 0 Å². The number of phosphoric ester groups is 2. The Balaban J connectivity index is 4.72. The molecule has 5 unspecified atom stereocenters. The minimum atomic E-state index is -4.96. The van der Waals surface area contributed by atoms with Crippen LogP contribution < -0.4 is 0 Å². The fourth-order valence-electron chi connectivity index (χ4n) is 9.51. The molecular formula is C85H136O16P2. The molecule has 0 aliphatic heterocycles. The highest BCUT2D eigenvalue weighted by molar-refractivity contribution is 7.47. The van der Waals surface area contributed by atoms with E-state index in [4.69, 9.17) is 32.3 Å². The molecule has 4 N–H and O–H groups in total. The van der Waals surface area contributed by atoms with E-state index in [2.05, 4.69) is 215 Å². The molecule has 582 valence electrons. The molecule has 0 heterocycles. The number of unbranched alkanes of at least 4 members (excludes halogenated alkanes) is 16. The van der Waals surface area contributed by atoms with Crippen molar-refractivity contribution in [3.05, 3.63) is 194 Å². The second-order valence-corrected chi connectivity index (χ2v) is 27.9.